The third-order valence-electron chi connectivity index (χ3n) is 6.04. The van der Waals surface area contributed by atoms with E-state index in [2.05, 4.69) is 24.5 Å². The van der Waals surface area contributed by atoms with E-state index >= 15 is 0 Å². The average Bonchev–Trinajstić information content (AvgIpc) is 2.84. The number of anilines is 1. The number of likely N-dealkylation sites (N-methyl/N-ethyl adjacent to an activating group) is 1. The van der Waals surface area contributed by atoms with Crippen molar-refractivity contribution in [1.29, 1.82) is 0 Å². The summed E-state index contributed by atoms with van der Waals surface area (Å²) in [6, 6.07) is 12.5. The van der Waals surface area contributed by atoms with Crippen molar-refractivity contribution in [1.82, 2.24) is 10.6 Å². The summed E-state index contributed by atoms with van der Waals surface area (Å²) in [6.07, 6.45) is 3.00. The van der Waals surface area contributed by atoms with Crippen LogP contribution in [0, 0.1) is 5.92 Å². The number of benzene rings is 2. The van der Waals surface area contributed by atoms with Crippen molar-refractivity contribution in [3.8, 4) is 5.75 Å². The lowest BCUT2D eigenvalue weighted by Gasteiger charge is -2.25. The van der Waals surface area contributed by atoms with Crippen LogP contribution in [0.25, 0.3) is 0 Å². The Hall–Kier alpha value is -3.18. The van der Waals surface area contributed by atoms with Gasteiger partial charge in [0.1, 0.15) is 11.8 Å². The average molecular weight is 569 g/mol. The van der Waals surface area contributed by atoms with Gasteiger partial charge in [0.25, 0.3) is 0 Å². The molecule has 39 heavy (non-hydrogen) atoms. The SMILES string of the molecule is CC(C)CCNC(=O)CCCc1ccccc1N(C)C(=O)[C@H](C)NC(=O)[C@@H](N)Cc1ccc(O)cc1.Cl.O.O. The van der Waals surface area contributed by atoms with E-state index in [1.165, 1.54) is 17.0 Å². The number of aryl methyl sites for hydroxylation is 1. The van der Waals surface area contributed by atoms with Gasteiger partial charge in [-0.05, 0) is 67.9 Å². The number of nitrogens with one attached hydrogen (secondary N) is 2. The highest BCUT2D eigenvalue weighted by Gasteiger charge is 2.24. The van der Waals surface area contributed by atoms with Gasteiger partial charge < -0.3 is 37.3 Å². The molecule has 10 nitrogen and oxygen atoms in total. The first kappa shape index (κ1) is 38.0. The van der Waals surface area contributed by atoms with E-state index in [1.807, 2.05) is 24.3 Å². The molecule has 0 aromatic heterocycles. The number of nitrogens with zero attached hydrogens (tertiary/aromatic N) is 1. The molecule has 3 amide bonds. The summed E-state index contributed by atoms with van der Waals surface area (Å²) >= 11 is 0. The van der Waals surface area contributed by atoms with Crippen LogP contribution in [0.1, 0.15) is 51.2 Å². The molecule has 11 heteroatoms. The van der Waals surface area contributed by atoms with Crippen LogP contribution in [-0.2, 0) is 27.2 Å². The third kappa shape index (κ3) is 12.9. The quantitative estimate of drug-likeness (QED) is 0.285. The van der Waals surface area contributed by atoms with Crippen molar-refractivity contribution in [2.24, 2.45) is 11.7 Å². The first-order valence-electron chi connectivity index (χ1n) is 12.5. The molecule has 0 radical (unpaired) electrons. The lowest BCUT2D eigenvalue weighted by Crippen LogP contribution is -2.51. The van der Waals surface area contributed by atoms with Gasteiger partial charge in [-0.1, -0.05) is 44.2 Å². The summed E-state index contributed by atoms with van der Waals surface area (Å²) in [5.41, 5.74) is 8.56. The molecule has 0 saturated heterocycles. The lowest BCUT2D eigenvalue weighted by atomic mass is 10.0. The van der Waals surface area contributed by atoms with Gasteiger partial charge in [-0.2, -0.15) is 0 Å². The molecule has 9 N–H and O–H groups in total. The Morgan fingerprint density at radius 1 is 1.00 bits per heavy atom. The second kappa shape index (κ2) is 19.0. The molecule has 2 aromatic rings. The van der Waals surface area contributed by atoms with E-state index in [0.29, 0.717) is 31.7 Å². The fourth-order valence-corrected chi connectivity index (χ4v) is 3.85. The van der Waals surface area contributed by atoms with E-state index in [1.54, 1.807) is 26.1 Å². The Balaban J connectivity index is 0. The van der Waals surface area contributed by atoms with E-state index < -0.39 is 18.0 Å². The van der Waals surface area contributed by atoms with Crippen molar-refractivity contribution < 1.29 is 30.4 Å². The summed E-state index contributed by atoms with van der Waals surface area (Å²) in [7, 11) is 1.68. The predicted molar refractivity (Wildman–Crippen MR) is 157 cm³/mol. The molecular formula is C28H45ClN4O6. The van der Waals surface area contributed by atoms with E-state index in [-0.39, 0.29) is 47.3 Å². The molecule has 0 heterocycles. The molecule has 0 aliphatic rings. The number of amides is 3. The van der Waals surface area contributed by atoms with Gasteiger partial charge in [0.2, 0.25) is 17.7 Å². The summed E-state index contributed by atoms with van der Waals surface area (Å²) in [5.74, 6) is 0.0438. The van der Waals surface area contributed by atoms with Crippen LogP contribution in [0.15, 0.2) is 48.5 Å². The number of nitrogens with two attached hydrogens (primary N) is 1. The topological polar surface area (TPSA) is 188 Å². The second-order valence-corrected chi connectivity index (χ2v) is 9.62. The zero-order valence-corrected chi connectivity index (χ0v) is 24.0. The smallest absolute Gasteiger partial charge is 0.249 e. The van der Waals surface area contributed by atoms with Crippen LogP contribution < -0.4 is 21.3 Å². The zero-order chi connectivity index (χ0) is 26.7. The molecule has 2 aromatic carbocycles. The minimum absolute atomic E-state index is 0. The number of hydrogen-bond donors (Lipinski definition) is 4. The first-order valence-corrected chi connectivity index (χ1v) is 12.5. The molecule has 0 saturated carbocycles. The fraction of sp³-hybridized carbons (Fsp3) is 0.464. The molecule has 220 valence electrons. The molecule has 2 atom stereocenters. The number of halogens is 1. The van der Waals surface area contributed by atoms with Gasteiger partial charge in [0.05, 0.1) is 6.04 Å². The van der Waals surface area contributed by atoms with Gasteiger partial charge in [-0.15, -0.1) is 12.4 Å². The van der Waals surface area contributed by atoms with Gasteiger partial charge in [-0.25, -0.2) is 0 Å². The highest BCUT2D eigenvalue weighted by molar-refractivity contribution is 5.99. The fourth-order valence-electron chi connectivity index (χ4n) is 3.85. The maximum atomic E-state index is 13.1. The van der Waals surface area contributed by atoms with Gasteiger partial charge >= 0.3 is 0 Å². The number of carbonyl (C=O) groups excluding carboxylic acids is 3. The normalized spacial score (nSPS) is 11.6. The number of carbonyl (C=O) groups is 3. The van der Waals surface area contributed by atoms with Crippen LogP contribution in [-0.4, -0.2) is 59.5 Å². The molecular weight excluding hydrogens is 524 g/mol. The number of aromatic hydroxyl groups is 1. The summed E-state index contributed by atoms with van der Waals surface area (Å²) in [6.45, 7) is 6.57. The third-order valence-corrected chi connectivity index (χ3v) is 6.04. The van der Waals surface area contributed by atoms with E-state index in [0.717, 1.165) is 23.2 Å². The second-order valence-electron chi connectivity index (χ2n) is 9.62. The van der Waals surface area contributed by atoms with Crippen LogP contribution in [0.3, 0.4) is 0 Å². The first-order chi connectivity index (χ1) is 17.1. The number of phenols is 1. The molecule has 0 spiro atoms. The van der Waals surface area contributed by atoms with Crippen molar-refractivity contribution in [2.45, 2.75) is 65.0 Å². The van der Waals surface area contributed by atoms with Crippen molar-refractivity contribution in [3.05, 3.63) is 59.7 Å². The predicted octanol–water partition coefficient (Wildman–Crippen LogP) is 1.69. The Morgan fingerprint density at radius 3 is 2.23 bits per heavy atom. The maximum absolute atomic E-state index is 13.1. The summed E-state index contributed by atoms with van der Waals surface area (Å²) in [5, 5.41) is 15.1. The number of rotatable bonds is 13. The van der Waals surface area contributed by atoms with Crippen molar-refractivity contribution in [2.75, 3.05) is 18.5 Å². The lowest BCUT2D eigenvalue weighted by molar-refractivity contribution is -0.127. The van der Waals surface area contributed by atoms with Crippen LogP contribution in [0.2, 0.25) is 0 Å². The minimum Gasteiger partial charge on any atom is -0.508 e. The molecule has 0 fully saturated rings. The number of para-hydroxylation sites is 1. The summed E-state index contributed by atoms with van der Waals surface area (Å²) < 4.78 is 0. The standard InChI is InChI=1S/C28H40N4O4.ClH.2H2O/c1-19(2)16-17-30-26(34)11-7-9-22-8-5-6-10-25(22)32(4)28(36)20(3)31-27(35)24(29)18-21-12-14-23(33)15-13-21;;;/h5-6,8,10,12-15,19-20,24,33H,7,9,11,16-18,29H2,1-4H3,(H,30,34)(H,31,35);1H;2*1H2/t20-,24-;;;/m0.../s1. The number of hydrogen-bond acceptors (Lipinski definition) is 5. The van der Waals surface area contributed by atoms with Crippen LogP contribution in [0.5, 0.6) is 5.75 Å². The summed E-state index contributed by atoms with van der Waals surface area (Å²) in [4.78, 5) is 39.3. The Kier molecular flexibility index (Phi) is 18.5. The van der Waals surface area contributed by atoms with Gasteiger partial charge in [0.15, 0.2) is 0 Å². The largest absolute Gasteiger partial charge is 0.508 e. The molecule has 2 rings (SSSR count). The monoisotopic (exact) mass is 568 g/mol. The Bertz CT molecular complexity index is 1020. The zero-order valence-electron chi connectivity index (χ0n) is 23.2. The Morgan fingerprint density at radius 2 is 1.62 bits per heavy atom. The highest BCUT2D eigenvalue weighted by Crippen LogP contribution is 2.22. The molecule has 0 unspecified atom stereocenters. The van der Waals surface area contributed by atoms with Crippen LogP contribution >= 0.6 is 12.4 Å². The van der Waals surface area contributed by atoms with E-state index in [9.17, 15) is 19.5 Å². The maximum Gasteiger partial charge on any atom is 0.249 e. The van der Waals surface area contributed by atoms with Crippen molar-refractivity contribution >= 4 is 35.8 Å². The van der Waals surface area contributed by atoms with Gasteiger partial charge in [-0.3, -0.25) is 14.4 Å². The molecule has 0 aliphatic carbocycles. The van der Waals surface area contributed by atoms with Crippen molar-refractivity contribution in [3.63, 3.8) is 0 Å². The highest BCUT2D eigenvalue weighted by atomic mass is 35.5. The van der Waals surface area contributed by atoms with E-state index in [4.69, 9.17) is 5.73 Å². The Labute approximate surface area is 237 Å². The molecule has 0 bridgehead atoms. The van der Waals surface area contributed by atoms with Crippen LogP contribution in [0.4, 0.5) is 5.69 Å². The van der Waals surface area contributed by atoms with Gasteiger partial charge in [0, 0.05) is 25.7 Å². The number of phenolic OH excluding ortho intramolecular Hbond substituents is 1. The minimum atomic E-state index is -0.825. The molecule has 0 aliphatic heterocycles.